The van der Waals surface area contributed by atoms with Gasteiger partial charge < -0.3 is 4.74 Å². The third-order valence-corrected chi connectivity index (χ3v) is 5.06. The van der Waals surface area contributed by atoms with Crippen LogP contribution in [0.2, 0.25) is 0 Å². The molecule has 138 valence electrons. The van der Waals surface area contributed by atoms with Crippen LogP contribution in [0.3, 0.4) is 0 Å². The first-order chi connectivity index (χ1) is 12.4. The first-order valence-electron chi connectivity index (χ1n) is 8.36. The standard InChI is InChI=1S/C18H18F2N2O3S/c1-10(25-17(24)11-4-2-3-5-11)16(23)22-18-21-15(9-26-18)12-6-7-13(19)14(20)8-12/h6-11H,2-5H2,1H3,(H,21,22,23)/t10-/m1/s1. The van der Waals surface area contributed by atoms with Gasteiger partial charge in [-0.3, -0.25) is 14.9 Å². The molecule has 1 fully saturated rings. The Hall–Kier alpha value is -2.35. The molecule has 1 N–H and O–H groups in total. The normalized spacial score (nSPS) is 15.7. The van der Waals surface area contributed by atoms with Gasteiger partial charge in [0.1, 0.15) is 0 Å². The number of nitrogens with one attached hydrogen (secondary N) is 1. The highest BCUT2D eigenvalue weighted by molar-refractivity contribution is 7.14. The largest absolute Gasteiger partial charge is 0.452 e. The fourth-order valence-corrected chi connectivity index (χ4v) is 3.53. The number of amides is 1. The van der Waals surface area contributed by atoms with Crippen LogP contribution >= 0.6 is 11.3 Å². The summed E-state index contributed by atoms with van der Waals surface area (Å²) in [4.78, 5) is 28.3. The van der Waals surface area contributed by atoms with E-state index >= 15 is 0 Å². The molecule has 8 heteroatoms. The quantitative estimate of drug-likeness (QED) is 0.792. The second kappa shape index (κ2) is 7.90. The number of ether oxygens (including phenoxy) is 1. The van der Waals surface area contributed by atoms with Gasteiger partial charge in [-0.15, -0.1) is 11.3 Å². The molecule has 3 rings (SSSR count). The summed E-state index contributed by atoms with van der Waals surface area (Å²) >= 11 is 1.14. The Morgan fingerprint density at radius 3 is 2.69 bits per heavy atom. The maximum absolute atomic E-state index is 13.3. The van der Waals surface area contributed by atoms with E-state index < -0.39 is 23.6 Å². The molecule has 1 aromatic heterocycles. The molecule has 1 aliphatic carbocycles. The predicted molar refractivity (Wildman–Crippen MR) is 93.6 cm³/mol. The lowest BCUT2D eigenvalue weighted by molar-refractivity contribution is -0.157. The summed E-state index contributed by atoms with van der Waals surface area (Å²) in [5, 5.41) is 4.49. The molecule has 1 atom stereocenters. The van der Waals surface area contributed by atoms with E-state index in [-0.39, 0.29) is 11.9 Å². The molecule has 1 aliphatic rings. The SMILES string of the molecule is C[C@@H](OC(=O)C1CCCC1)C(=O)Nc1nc(-c2ccc(F)c(F)c2)cs1. The van der Waals surface area contributed by atoms with Crippen LogP contribution in [-0.4, -0.2) is 23.0 Å². The number of hydrogen-bond acceptors (Lipinski definition) is 5. The zero-order chi connectivity index (χ0) is 18.7. The predicted octanol–water partition coefficient (Wildman–Crippen LogP) is 4.15. The topological polar surface area (TPSA) is 68.3 Å². The van der Waals surface area contributed by atoms with Gasteiger partial charge >= 0.3 is 5.97 Å². The third kappa shape index (κ3) is 4.24. The van der Waals surface area contributed by atoms with Gasteiger partial charge in [-0.1, -0.05) is 12.8 Å². The number of anilines is 1. The zero-order valence-corrected chi connectivity index (χ0v) is 14.9. The molecule has 1 heterocycles. The molecule has 0 unspecified atom stereocenters. The highest BCUT2D eigenvalue weighted by atomic mass is 32.1. The molecule has 0 aliphatic heterocycles. The molecule has 0 saturated heterocycles. The molecular weight excluding hydrogens is 362 g/mol. The number of thiazole rings is 1. The van der Waals surface area contributed by atoms with E-state index in [1.807, 2.05) is 0 Å². The Balaban J connectivity index is 1.60. The van der Waals surface area contributed by atoms with Crippen molar-refractivity contribution in [3.8, 4) is 11.3 Å². The number of rotatable bonds is 5. The molecule has 1 aromatic carbocycles. The number of benzene rings is 1. The Morgan fingerprint density at radius 1 is 1.27 bits per heavy atom. The van der Waals surface area contributed by atoms with Crippen molar-refractivity contribution in [3.05, 3.63) is 35.2 Å². The van der Waals surface area contributed by atoms with E-state index in [0.717, 1.165) is 49.2 Å². The number of carbonyl (C=O) groups is 2. The minimum absolute atomic E-state index is 0.120. The van der Waals surface area contributed by atoms with Crippen molar-refractivity contribution in [3.63, 3.8) is 0 Å². The smallest absolute Gasteiger partial charge is 0.309 e. The highest BCUT2D eigenvalue weighted by Crippen LogP contribution is 2.27. The van der Waals surface area contributed by atoms with E-state index in [0.29, 0.717) is 16.4 Å². The maximum Gasteiger partial charge on any atom is 0.309 e. The fourth-order valence-electron chi connectivity index (χ4n) is 2.81. The monoisotopic (exact) mass is 380 g/mol. The lowest BCUT2D eigenvalue weighted by Gasteiger charge is -2.15. The average molecular weight is 380 g/mol. The van der Waals surface area contributed by atoms with Gasteiger partial charge in [-0.05, 0) is 38.0 Å². The second-order valence-electron chi connectivity index (χ2n) is 6.22. The van der Waals surface area contributed by atoms with Crippen molar-refractivity contribution in [1.29, 1.82) is 0 Å². The van der Waals surface area contributed by atoms with E-state index in [2.05, 4.69) is 10.3 Å². The van der Waals surface area contributed by atoms with E-state index in [1.165, 1.54) is 13.0 Å². The lowest BCUT2D eigenvalue weighted by Crippen LogP contribution is -2.31. The van der Waals surface area contributed by atoms with Crippen LogP contribution in [0.1, 0.15) is 32.6 Å². The number of esters is 1. The molecule has 26 heavy (non-hydrogen) atoms. The van der Waals surface area contributed by atoms with Gasteiger partial charge in [0.15, 0.2) is 22.9 Å². The van der Waals surface area contributed by atoms with Gasteiger partial charge in [0.05, 0.1) is 11.6 Å². The molecule has 0 bridgehead atoms. The van der Waals surface area contributed by atoms with Crippen LogP contribution < -0.4 is 5.32 Å². The molecule has 1 saturated carbocycles. The van der Waals surface area contributed by atoms with Crippen molar-refractivity contribution in [2.45, 2.75) is 38.7 Å². The van der Waals surface area contributed by atoms with Crippen LogP contribution in [0.15, 0.2) is 23.6 Å². The summed E-state index contributed by atoms with van der Waals surface area (Å²) in [6.45, 7) is 1.51. The Morgan fingerprint density at radius 2 is 2.00 bits per heavy atom. The van der Waals surface area contributed by atoms with Crippen molar-refractivity contribution < 1.29 is 23.1 Å². The summed E-state index contributed by atoms with van der Waals surface area (Å²) in [5.74, 6) is -2.84. The number of nitrogens with zero attached hydrogens (tertiary/aromatic N) is 1. The summed E-state index contributed by atoms with van der Waals surface area (Å²) in [6.07, 6.45) is 2.69. The first kappa shape index (κ1) is 18.4. The number of halogens is 2. The maximum atomic E-state index is 13.3. The molecular formula is C18H18F2N2O3S. The Kier molecular flexibility index (Phi) is 5.61. The minimum atomic E-state index is -0.964. The summed E-state index contributed by atoms with van der Waals surface area (Å²) < 4.78 is 31.5. The van der Waals surface area contributed by atoms with Crippen LogP contribution in [0.5, 0.6) is 0 Å². The van der Waals surface area contributed by atoms with Crippen LogP contribution in [-0.2, 0) is 14.3 Å². The van der Waals surface area contributed by atoms with Gasteiger partial charge in [-0.25, -0.2) is 13.8 Å². The fraction of sp³-hybridized carbons (Fsp3) is 0.389. The lowest BCUT2D eigenvalue weighted by atomic mass is 10.1. The summed E-state index contributed by atoms with van der Waals surface area (Å²) in [5.41, 5.74) is 0.821. The Labute approximate surface area is 153 Å². The van der Waals surface area contributed by atoms with Gasteiger partial charge in [0.2, 0.25) is 0 Å². The second-order valence-corrected chi connectivity index (χ2v) is 7.07. The molecule has 5 nitrogen and oxygen atoms in total. The molecule has 1 amide bonds. The van der Waals surface area contributed by atoms with Gasteiger partial charge in [0, 0.05) is 10.9 Å². The number of aromatic nitrogens is 1. The average Bonchev–Trinajstić information content (AvgIpc) is 3.29. The molecule has 0 radical (unpaired) electrons. The van der Waals surface area contributed by atoms with Crippen molar-refractivity contribution in [1.82, 2.24) is 4.98 Å². The zero-order valence-electron chi connectivity index (χ0n) is 14.1. The van der Waals surface area contributed by atoms with Crippen molar-refractivity contribution >= 4 is 28.3 Å². The summed E-state index contributed by atoms with van der Waals surface area (Å²) in [6, 6.07) is 3.47. The van der Waals surface area contributed by atoms with Crippen LogP contribution in [0, 0.1) is 17.6 Å². The van der Waals surface area contributed by atoms with Crippen molar-refractivity contribution in [2.75, 3.05) is 5.32 Å². The number of carbonyl (C=O) groups excluding carboxylic acids is 2. The molecule has 0 spiro atoms. The van der Waals surface area contributed by atoms with Crippen LogP contribution in [0.4, 0.5) is 13.9 Å². The number of hydrogen-bond donors (Lipinski definition) is 1. The first-order valence-corrected chi connectivity index (χ1v) is 9.24. The summed E-state index contributed by atoms with van der Waals surface area (Å²) in [7, 11) is 0. The Bertz CT molecular complexity index is 819. The van der Waals surface area contributed by atoms with E-state index in [9.17, 15) is 18.4 Å². The van der Waals surface area contributed by atoms with Crippen molar-refractivity contribution in [2.24, 2.45) is 5.92 Å². The van der Waals surface area contributed by atoms with E-state index in [4.69, 9.17) is 4.74 Å². The third-order valence-electron chi connectivity index (χ3n) is 4.30. The minimum Gasteiger partial charge on any atom is -0.452 e. The molecule has 2 aromatic rings. The van der Waals surface area contributed by atoms with Gasteiger partial charge in [-0.2, -0.15) is 0 Å². The highest BCUT2D eigenvalue weighted by Gasteiger charge is 2.27. The van der Waals surface area contributed by atoms with Crippen LogP contribution in [0.25, 0.3) is 11.3 Å². The van der Waals surface area contributed by atoms with E-state index in [1.54, 1.807) is 5.38 Å². The van der Waals surface area contributed by atoms with Gasteiger partial charge in [0.25, 0.3) is 5.91 Å².